The Bertz CT molecular complexity index is 556. The fourth-order valence-electron chi connectivity index (χ4n) is 1.75. The third kappa shape index (κ3) is 3.21. The quantitative estimate of drug-likeness (QED) is 0.596. The lowest BCUT2D eigenvalue weighted by Gasteiger charge is -2.28. The van der Waals surface area contributed by atoms with Gasteiger partial charge in [0.1, 0.15) is 5.82 Å². The number of hydrogen-bond donors (Lipinski definition) is 3. The van der Waals surface area contributed by atoms with Crippen molar-refractivity contribution in [2.75, 3.05) is 10.7 Å². The summed E-state index contributed by atoms with van der Waals surface area (Å²) in [6.07, 6.45) is 1.66. The van der Waals surface area contributed by atoms with Crippen LogP contribution in [0.1, 0.15) is 19.4 Å². The number of halogens is 1. The van der Waals surface area contributed by atoms with Gasteiger partial charge in [0, 0.05) is 6.20 Å². The molecule has 2 rings (SSSR count). The van der Waals surface area contributed by atoms with E-state index >= 15 is 0 Å². The van der Waals surface area contributed by atoms with Gasteiger partial charge in [-0.3, -0.25) is 5.43 Å². The standard InChI is InChI=1S/C13H16BrN5/c1-13(2,9-6-4-3-5-7-9)18-11-10(14)8-16-12(17-11)19-15/h3-8H,15H2,1-2H3,(H2,16,17,18,19). The molecule has 0 aliphatic heterocycles. The Balaban J connectivity index is 2.30. The van der Waals surface area contributed by atoms with Gasteiger partial charge in [-0.25, -0.2) is 10.8 Å². The minimum absolute atomic E-state index is 0.260. The first-order chi connectivity index (χ1) is 9.03. The lowest BCUT2D eigenvalue weighted by molar-refractivity contribution is 0.605. The largest absolute Gasteiger partial charge is 0.360 e. The minimum Gasteiger partial charge on any atom is -0.360 e. The molecule has 1 aromatic heterocycles. The first-order valence-electron chi connectivity index (χ1n) is 5.86. The Labute approximate surface area is 120 Å². The number of nitrogens with one attached hydrogen (secondary N) is 2. The maximum atomic E-state index is 5.33. The summed E-state index contributed by atoms with van der Waals surface area (Å²) in [5.41, 5.74) is 3.35. The lowest BCUT2D eigenvalue weighted by atomic mass is 9.94. The average molecular weight is 322 g/mol. The maximum Gasteiger partial charge on any atom is 0.239 e. The number of nitrogens with two attached hydrogens (primary N) is 1. The first-order valence-corrected chi connectivity index (χ1v) is 6.65. The van der Waals surface area contributed by atoms with E-state index < -0.39 is 0 Å². The SMILES string of the molecule is CC(C)(Nc1nc(NN)ncc1Br)c1ccccc1. The summed E-state index contributed by atoms with van der Waals surface area (Å²) < 4.78 is 0.788. The predicted octanol–water partition coefficient (Wildman–Crippen LogP) is 2.87. The van der Waals surface area contributed by atoms with E-state index in [1.807, 2.05) is 18.2 Å². The highest BCUT2D eigenvalue weighted by Gasteiger charge is 2.21. The van der Waals surface area contributed by atoms with Gasteiger partial charge < -0.3 is 5.32 Å². The molecule has 2 aromatic rings. The van der Waals surface area contributed by atoms with Crippen molar-refractivity contribution < 1.29 is 0 Å². The number of nitrogens with zero attached hydrogens (tertiary/aromatic N) is 2. The van der Waals surface area contributed by atoms with Gasteiger partial charge in [0.05, 0.1) is 10.0 Å². The van der Waals surface area contributed by atoms with Gasteiger partial charge in [0.25, 0.3) is 0 Å². The second-order valence-corrected chi connectivity index (χ2v) is 5.50. The summed E-state index contributed by atoms with van der Waals surface area (Å²) in [6, 6.07) is 10.2. The number of benzene rings is 1. The van der Waals surface area contributed by atoms with E-state index in [0.29, 0.717) is 11.8 Å². The van der Waals surface area contributed by atoms with E-state index in [0.717, 1.165) is 4.47 Å². The molecule has 0 bridgehead atoms. The smallest absolute Gasteiger partial charge is 0.239 e. The maximum absolute atomic E-state index is 5.33. The van der Waals surface area contributed by atoms with Crippen molar-refractivity contribution in [2.24, 2.45) is 5.84 Å². The molecular formula is C13H16BrN5. The molecule has 1 aromatic carbocycles. The zero-order valence-corrected chi connectivity index (χ0v) is 12.4. The van der Waals surface area contributed by atoms with Gasteiger partial charge in [-0.05, 0) is 35.3 Å². The van der Waals surface area contributed by atoms with Crippen molar-refractivity contribution in [3.8, 4) is 0 Å². The van der Waals surface area contributed by atoms with Gasteiger partial charge in [0.2, 0.25) is 5.95 Å². The van der Waals surface area contributed by atoms with Crippen molar-refractivity contribution in [3.63, 3.8) is 0 Å². The normalized spacial score (nSPS) is 11.2. The average Bonchev–Trinajstić information content (AvgIpc) is 2.42. The Morgan fingerprint density at radius 2 is 1.89 bits per heavy atom. The summed E-state index contributed by atoms with van der Waals surface area (Å²) in [5, 5.41) is 3.38. The summed E-state index contributed by atoms with van der Waals surface area (Å²) in [5.74, 6) is 6.39. The number of hydrazine groups is 1. The van der Waals surface area contributed by atoms with E-state index in [1.165, 1.54) is 5.56 Å². The van der Waals surface area contributed by atoms with Gasteiger partial charge in [0.15, 0.2) is 0 Å². The van der Waals surface area contributed by atoms with E-state index in [9.17, 15) is 0 Å². The Hall–Kier alpha value is -1.66. The third-order valence-electron chi connectivity index (χ3n) is 2.80. The van der Waals surface area contributed by atoms with Crippen molar-refractivity contribution in [1.29, 1.82) is 0 Å². The summed E-state index contributed by atoms with van der Waals surface area (Å²) in [7, 11) is 0. The van der Waals surface area contributed by atoms with Gasteiger partial charge >= 0.3 is 0 Å². The molecule has 0 saturated carbocycles. The molecule has 5 nitrogen and oxygen atoms in total. The van der Waals surface area contributed by atoms with Gasteiger partial charge in [-0.1, -0.05) is 30.3 Å². The number of aromatic nitrogens is 2. The topological polar surface area (TPSA) is 75.9 Å². The summed E-state index contributed by atoms with van der Waals surface area (Å²) >= 11 is 3.43. The van der Waals surface area contributed by atoms with Gasteiger partial charge in [-0.2, -0.15) is 4.98 Å². The molecular weight excluding hydrogens is 306 g/mol. The first kappa shape index (κ1) is 13.8. The Morgan fingerprint density at radius 1 is 1.21 bits per heavy atom. The molecule has 0 aliphatic carbocycles. The van der Waals surface area contributed by atoms with Crippen LogP contribution in [0.25, 0.3) is 0 Å². The summed E-state index contributed by atoms with van der Waals surface area (Å²) in [6.45, 7) is 4.18. The molecule has 0 saturated heterocycles. The van der Waals surface area contributed by atoms with Crippen LogP contribution in [0.15, 0.2) is 41.0 Å². The molecule has 0 radical (unpaired) electrons. The number of rotatable bonds is 4. The highest BCUT2D eigenvalue weighted by Crippen LogP contribution is 2.28. The van der Waals surface area contributed by atoms with Crippen molar-refractivity contribution in [3.05, 3.63) is 46.6 Å². The molecule has 0 atom stereocenters. The highest BCUT2D eigenvalue weighted by atomic mass is 79.9. The predicted molar refractivity (Wildman–Crippen MR) is 80.6 cm³/mol. The van der Waals surface area contributed by atoms with E-state index in [-0.39, 0.29) is 5.54 Å². The third-order valence-corrected chi connectivity index (χ3v) is 3.38. The molecule has 1 heterocycles. The zero-order valence-electron chi connectivity index (χ0n) is 10.8. The van der Waals surface area contributed by atoms with Crippen LogP contribution in [0.4, 0.5) is 11.8 Å². The molecule has 6 heteroatoms. The zero-order chi connectivity index (χ0) is 13.9. The van der Waals surface area contributed by atoms with Gasteiger partial charge in [-0.15, -0.1) is 0 Å². The van der Waals surface area contributed by atoms with Crippen LogP contribution in [0.3, 0.4) is 0 Å². The lowest BCUT2D eigenvalue weighted by Crippen LogP contribution is -2.29. The van der Waals surface area contributed by atoms with Crippen LogP contribution in [0, 0.1) is 0 Å². The minimum atomic E-state index is -0.260. The van der Waals surface area contributed by atoms with Crippen LogP contribution in [0.2, 0.25) is 0 Å². The monoisotopic (exact) mass is 321 g/mol. The molecule has 0 amide bonds. The molecule has 0 unspecified atom stereocenters. The molecule has 4 N–H and O–H groups in total. The Kier molecular flexibility index (Phi) is 4.01. The summed E-state index contributed by atoms with van der Waals surface area (Å²) in [4.78, 5) is 8.32. The molecule has 100 valence electrons. The van der Waals surface area contributed by atoms with E-state index in [4.69, 9.17) is 5.84 Å². The molecule has 19 heavy (non-hydrogen) atoms. The Morgan fingerprint density at radius 3 is 2.53 bits per heavy atom. The fraction of sp³-hybridized carbons (Fsp3) is 0.231. The second-order valence-electron chi connectivity index (χ2n) is 4.65. The number of nitrogen functional groups attached to an aromatic ring is 1. The number of hydrogen-bond acceptors (Lipinski definition) is 5. The molecule has 0 aliphatic rings. The van der Waals surface area contributed by atoms with Crippen LogP contribution < -0.4 is 16.6 Å². The highest BCUT2D eigenvalue weighted by molar-refractivity contribution is 9.10. The van der Waals surface area contributed by atoms with Crippen LogP contribution >= 0.6 is 15.9 Å². The van der Waals surface area contributed by atoms with Crippen LogP contribution in [0.5, 0.6) is 0 Å². The fourth-order valence-corrected chi connectivity index (χ4v) is 2.04. The second kappa shape index (κ2) is 5.54. The van der Waals surface area contributed by atoms with E-state index in [1.54, 1.807) is 6.20 Å². The van der Waals surface area contributed by atoms with Crippen LogP contribution in [-0.2, 0) is 5.54 Å². The van der Waals surface area contributed by atoms with Crippen molar-refractivity contribution >= 4 is 27.7 Å². The van der Waals surface area contributed by atoms with E-state index in [2.05, 4.69) is 62.6 Å². The van der Waals surface area contributed by atoms with Crippen molar-refractivity contribution in [1.82, 2.24) is 9.97 Å². The van der Waals surface area contributed by atoms with Crippen LogP contribution in [-0.4, -0.2) is 9.97 Å². The number of anilines is 2. The molecule has 0 spiro atoms. The molecule has 0 fully saturated rings. The van der Waals surface area contributed by atoms with Crippen molar-refractivity contribution in [2.45, 2.75) is 19.4 Å².